The summed E-state index contributed by atoms with van der Waals surface area (Å²) < 4.78 is 23.2. The van der Waals surface area contributed by atoms with Crippen LogP contribution in [-0.2, 0) is 23.7 Å². The van der Waals surface area contributed by atoms with E-state index in [0.717, 1.165) is 11.1 Å². The number of cyclic esters (lactones) is 1. The molecule has 0 aliphatic carbocycles. The molecule has 0 aromatic carbocycles. The van der Waals surface area contributed by atoms with Gasteiger partial charge in [-0.2, -0.15) is 0 Å². The third-order valence-corrected chi connectivity index (χ3v) is 9.33. The first kappa shape index (κ1) is 37.2. The van der Waals surface area contributed by atoms with Gasteiger partial charge in [-0.05, 0) is 38.7 Å². The summed E-state index contributed by atoms with van der Waals surface area (Å²) in [7, 11) is 2.87. The molecule has 0 radical (unpaired) electrons. The minimum absolute atomic E-state index is 0.00306. The van der Waals surface area contributed by atoms with Gasteiger partial charge < -0.3 is 39.4 Å². The van der Waals surface area contributed by atoms with Crippen LogP contribution in [0.25, 0.3) is 0 Å². The third kappa shape index (κ3) is 9.49. The lowest BCUT2D eigenvalue weighted by atomic mass is 9.77. The summed E-state index contributed by atoms with van der Waals surface area (Å²) in [6, 6.07) is 0. The summed E-state index contributed by atoms with van der Waals surface area (Å²) in [5.41, 5.74) is 1.78. The Kier molecular flexibility index (Phi) is 14.1. The topological polar surface area (TPSA) is 135 Å². The highest BCUT2D eigenvalue weighted by molar-refractivity contribution is 5.87. The summed E-state index contributed by atoms with van der Waals surface area (Å²) in [6.45, 7) is 15.0. The molecule has 0 bridgehead atoms. The van der Waals surface area contributed by atoms with Gasteiger partial charge in [0.25, 0.3) is 0 Å². The zero-order valence-corrected chi connectivity index (χ0v) is 27.7. The Labute approximate surface area is 258 Å². The van der Waals surface area contributed by atoms with Crippen molar-refractivity contribution < 1.29 is 44.2 Å². The minimum atomic E-state index is -1.78. The maximum absolute atomic E-state index is 13.5. The Bertz CT molecular complexity index is 1030. The number of rotatable bonds is 7. The van der Waals surface area contributed by atoms with E-state index in [1.54, 1.807) is 26.0 Å². The molecule has 2 aliphatic rings. The second kappa shape index (κ2) is 16.3. The molecule has 43 heavy (non-hydrogen) atoms. The highest BCUT2D eigenvalue weighted by atomic mass is 16.6. The van der Waals surface area contributed by atoms with E-state index in [4.69, 9.17) is 18.9 Å². The summed E-state index contributed by atoms with van der Waals surface area (Å²) in [5.74, 6) is -4.46. The minimum Gasteiger partial charge on any atom is -0.490 e. The lowest BCUT2D eigenvalue weighted by molar-refractivity contribution is -0.322. The number of esters is 1. The van der Waals surface area contributed by atoms with Crippen molar-refractivity contribution in [1.82, 2.24) is 0 Å². The first-order valence-corrected chi connectivity index (χ1v) is 15.6. The van der Waals surface area contributed by atoms with E-state index >= 15 is 0 Å². The van der Waals surface area contributed by atoms with Gasteiger partial charge in [-0.3, -0.25) is 0 Å². The van der Waals surface area contributed by atoms with Crippen molar-refractivity contribution in [2.45, 2.75) is 117 Å². The van der Waals surface area contributed by atoms with Crippen LogP contribution in [0.4, 0.5) is 0 Å². The molecule has 9 nitrogen and oxygen atoms in total. The lowest BCUT2D eigenvalue weighted by Gasteiger charge is -2.48. The lowest BCUT2D eigenvalue weighted by Crippen LogP contribution is -2.58. The molecule has 4 N–H and O–H groups in total. The Hall–Kier alpha value is -2.01. The van der Waals surface area contributed by atoms with E-state index in [-0.39, 0.29) is 36.0 Å². The number of methoxy groups -OCH3 is 2. The molecule has 1 fully saturated rings. The molecule has 2 rings (SSSR count). The van der Waals surface area contributed by atoms with Crippen molar-refractivity contribution in [3.05, 3.63) is 47.3 Å². The van der Waals surface area contributed by atoms with Gasteiger partial charge in [-0.15, -0.1) is 0 Å². The Balaban J connectivity index is 2.51. The van der Waals surface area contributed by atoms with Crippen LogP contribution in [0.2, 0.25) is 0 Å². The molecule has 9 heteroatoms. The van der Waals surface area contributed by atoms with Crippen molar-refractivity contribution in [2.24, 2.45) is 29.6 Å². The van der Waals surface area contributed by atoms with E-state index < -0.39 is 54.1 Å². The van der Waals surface area contributed by atoms with Crippen LogP contribution >= 0.6 is 0 Å². The summed E-state index contributed by atoms with van der Waals surface area (Å²) in [5, 5.41) is 44.7. The van der Waals surface area contributed by atoms with E-state index in [1.165, 1.54) is 14.2 Å². The number of hydrogen-bond acceptors (Lipinski definition) is 9. The van der Waals surface area contributed by atoms with Crippen molar-refractivity contribution in [2.75, 3.05) is 14.2 Å². The van der Waals surface area contributed by atoms with Crippen LogP contribution in [0, 0.1) is 29.6 Å². The van der Waals surface area contributed by atoms with Gasteiger partial charge in [0.05, 0.1) is 31.5 Å². The molecule has 0 amide bonds. The standard InChI is InChI=1S/C34H56O9/c1-11-27-23(6)26(35)18-34(39,43-27)25(8)31(37)24(7)32-28(40-9)14-12-13-19(2)15-21(4)30(36)22(5)16-20(3)17-29(41-10)33(38)42-32/h12-14,16-17,21-28,30-32,35-37,39H,11,15,18H2,1-10H3/b14-12+,19-13-,20-16-,29-17+/t21-,22+,23-,24-,25-,26+,27+,28+,30-,31+,32+,34+/m1/s1. The van der Waals surface area contributed by atoms with Crippen molar-refractivity contribution in [1.29, 1.82) is 0 Å². The average molecular weight is 609 g/mol. The predicted octanol–water partition coefficient (Wildman–Crippen LogP) is 4.45. The Morgan fingerprint density at radius 2 is 1.79 bits per heavy atom. The van der Waals surface area contributed by atoms with Gasteiger partial charge in [-0.1, -0.05) is 77.0 Å². The van der Waals surface area contributed by atoms with Gasteiger partial charge in [-0.25, -0.2) is 4.79 Å². The first-order chi connectivity index (χ1) is 20.1. The number of carbonyl (C=O) groups is 1. The van der Waals surface area contributed by atoms with Crippen LogP contribution < -0.4 is 0 Å². The number of aliphatic hydroxyl groups is 4. The van der Waals surface area contributed by atoms with E-state index in [2.05, 4.69) is 0 Å². The number of carbonyl (C=O) groups excluding carboxylic acids is 1. The molecule has 0 unspecified atom stereocenters. The quantitative estimate of drug-likeness (QED) is 0.309. The molecule has 12 atom stereocenters. The summed E-state index contributed by atoms with van der Waals surface area (Å²) in [4.78, 5) is 13.5. The van der Waals surface area contributed by atoms with Crippen molar-refractivity contribution in [3.63, 3.8) is 0 Å². The fourth-order valence-electron chi connectivity index (χ4n) is 6.31. The number of hydrogen-bond donors (Lipinski definition) is 4. The Morgan fingerprint density at radius 3 is 2.37 bits per heavy atom. The Morgan fingerprint density at radius 1 is 1.14 bits per heavy atom. The second-order valence-corrected chi connectivity index (χ2v) is 12.8. The normalized spacial score (nSPS) is 41.7. The second-order valence-electron chi connectivity index (χ2n) is 12.8. The fourth-order valence-corrected chi connectivity index (χ4v) is 6.31. The van der Waals surface area contributed by atoms with Crippen LogP contribution in [0.1, 0.15) is 74.7 Å². The smallest absolute Gasteiger partial charge is 0.373 e. The highest BCUT2D eigenvalue weighted by Crippen LogP contribution is 2.40. The zero-order valence-electron chi connectivity index (χ0n) is 27.7. The van der Waals surface area contributed by atoms with Gasteiger partial charge in [0.2, 0.25) is 5.76 Å². The van der Waals surface area contributed by atoms with Gasteiger partial charge in [0, 0.05) is 37.2 Å². The SMILES string of the molecule is CC[C@@H]1O[C@](O)([C@H](C)[C@@H](O)[C@@H](C)[C@@H]2OC(=O)/C(OC)=C\C(C)=C/[C@H](C)[C@H](O)[C@H](C)C/C(C)=C\C=C\[C@@H]2OC)C[C@H](O)[C@H]1C. The molecular formula is C34H56O9. The predicted molar refractivity (Wildman–Crippen MR) is 166 cm³/mol. The van der Waals surface area contributed by atoms with Gasteiger partial charge >= 0.3 is 5.97 Å². The third-order valence-electron chi connectivity index (χ3n) is 9.33. The molecular weight excluding hydrogens is 552 g/mol. The molecule has 1 saturated heterocycles. The maximum atomic E-state index is 13.5. The zero-order chi connectivity index (χ0) is 32.6. The van der Waals surface area contributed by atoms with Crippen LogP contribution in [0.3, 0.4) is 0 Å². The van der Waals surface area contributed by atoms with Crippen molar-refractivity contribution in [3.8, 4) is 0 Å². The number of allylic oxidation sites excluding steroid dienone is 5. The molecule has 0 saturated carbocycles. The van der Waals surface area contributed by atoms with Crippen LogP contribution in [0.5, 0.6) is 0 Å². The molecule has 0 aromatic rings. The largest absolute Gasteiger partial charge is 0.490 e. The molecule has 2 aliphatic heterocycles. The number of aliphatic hydroxyl groups excluding tert-OH is 3. The first-order valence-electron chi connectivity index (χ1n) is 15.6. The van der Waals surface area contributed by atoms with E-state index in [1.807, 2.05) is 59.8 Å². The van der Waals surface area contributed by atoms with Crippen molar-refractivity contribution >= 4 is 5.97 Å². The average Bonchev–Trinajstić information content (AvgIpc) is 2.96. The maximum Gasteiger partial charge on any atom is 0.373 e. The van der Waals surface area contributed by atoms with Gasteiger partial charge in [0.1, 0.15) is 12.2 Å². The molecule has 0 spiro atoms. The van der Waals surface area contributed by atoms with E-state index in [0.29, 0.717) is 12.8 Å². The highest BCUT2D eigenvalue weighted by Gasteiger charge is 2.50. The fraction of sp³-hybridized carbons (Fsp3) is 0.735. The van der Waals surface area contributed by atoms with Gasteiger partial charge in [0.15, 0.2) is 5.79 Å². The molecule has 246 valence electrons. The summed E-state index contributed by atoms with van der Waals surface area (Å²) >= 11 is 0. The molecule has 2 heterocycles. The monoisotopic (exact) mass is 608 g/mol. The summed E-state index contributed by atoms with van der Waals surface area (Å²) in [6.07, 6.45) is 5.52. The number of ether oxygens (including phenoxy) is 4. The van der Waals surface area contributed by atoms with E-state index in [9.17, 15) is 25.2 Å². The molecule has 0 aromatic heterocycles. The van der Waals surface area contributed by atoms with Crippen LogP contribution in [0.15, 0.2) is 47.3 Å². The van der Waals surface area contributed by atoms with Crippen LogP contribution in [-0.4, -0.2) is 83.0 Å².